The Hall–Kier alpha value is -1.55. The number of aliphatic hydroxyl groups is 1. The lowest BCUT2D eigenvalue weighted by molar-refractivity contribution is 0.0696. The first kappa shape index (κ1) is 14.5. The Balaban J connectivity index is 2.70. The number of carbonyl (C=O) groups is 1. The van der Waals surface area contributed by atoms with Crippen LogP contribution in [0.15, 0.2) is 18.2 Å². The zero-order chi connectivity index (χ0) is 13.8. The van der Waals surface area contributed by atoms with Crippen molar-refractivity contribution in [3.8, 4) is 0 Å². The third kappa shape index (κ3) is 4.04. The number of carboxylic acids is 1. The number of rotatable bonds is 6. The lowest BCUT2D eigenvalue weighted by Gasteiger charge is -2.24. The van der Waals surface area contributed by atoms with Crippen LogP contribution in [0.3, 0.4) is 0 Å². The fraction of sp³-hybridized carbons (Fsp3) is 0.500. The van der Waals surface area contributed by atoms with E-state index in [0.717, 1.165) is 24.2 Å². The van der Waals surface area contributed by atoms with Crippen LogP contribution < -0.4 is 5.32 Å². The largest absolute Gasteiger partial charge is 0.478 e. The van der Waals surface area contributed by atoms with Crippen LogP contribution in [0.4, 0.5) is 5.69 Å². The summed E-state index contributed by atoms with van der Waals surface area (Å²) >= 11 is 0. The van der Waals surface area contributed by atoms with Gasteiger partial charge in [0.25, 0.3) is 0 Å². The SMILES string of the molecule is Cc1cc(NCC(C)(C)CCO)ccc1C(=O)O. The molecule has 3 N–H and O–H groups in total. The van der Waals surface area contributed by atoms with E-state index in [2.05, 4.69) is 19.2 Å². The van der Waals surface area contributed by atoms with Crippen LogP contribution in [-0.4, -0.2) is 29.3 Å². The molecule has 18 heavy (non-hydrogen) atoms. The Labute approximate surface area is 108 Å². The molecule has 100 valence electrons. The maximum atomic E-state index is 10.9. The van der Waals surface area contributed by atoms with Gasteiger partial charge in [0.1, 0.15) is 0 Å². The fourth-order valence-corrected chi connectivity index (χ4v) is 1.75. The quantitative estimate of drug-likeness (QED) is 0.726. The Morgan fingerprint density at radius 2 is 2.06 bits per heavy atom. The molecule has 0 fully saturated rings. The van der Waals surface area contributed by atoms with Crippen LogP contribution in [-0.2, 0) is 0 Å². The Bertz CT molecular complexity index is 427. The maximum absolute atomic E-state index is 10.9. The third-order valence-corrected chi connectivity index (χ3v) is 3.02. The monoisotopic (exact) mass is 251 g/mol. The van der Waals surface area contributed by atoms with E-state index < -0.39 is 5.97 Å². The van der Waals surface area contributed by atoms with Gasteiger partial charge in [0.2, 0.25) is 0 Å². The van der Waals surface area contributed by atoms with Crippen molar-refractivity contribution in [3.05, 3.63) is 29.3 Å². The van der Waals surface area contributed by atoms with Crippen molar-refractivity contribution in [2.45, 2.75) is 27.2 Å². The molecule has 0 atom stereocenters. The first-order valence-corrected chi connectivity index (χ1v) is 6.04. The summed E-state index contributed by atoms with van der Waals surface area (Å²) in [6.07, 6.45) is 0.728. The number of benzene rings is 1. The summed E-state index contributed by atoms with van der Waals surface area (Å²) in [4.78, 5) is 10.9. The van der Waals surface area contributed by atoms with Crippen molar-refractivity contribution in [2.24, 2.45) is 5.41 Å². The van der Waals surface area contributed by atoms with Gasteiger partial charge >= 0.3 is 5.97 Å². The van der Waals surface area contributed by atoms with E-state index in [9.17, 15) is 4.79 Å². The highest BCUT2D eigenvalue weighted by molar-refractivity contribution is 5.89. The zero-order valence-electron chi connectivity index (χ0n) is 11.2. The number of aliphatic hydroxyl groups excluding tert-OH is 1. The van der Waals surface area contributed by atoms with Gasteiger partial charge in [-0.2, -0.15) is 0 Å². The minimum atomic E-state index is -0.903. The molecule has 0 heterocycles. The van der Waals surface area contributed by atoms with E-state index in [1.165, 1.54) is 0 Å². The number of carboxylic acid groups (broad SMARTS) is 1. The lowest BCUT2D eigenvalue weighted by atomic mass is 9.89. The second-order valence-corrected chi connectivity index (χ2v) is 5.33. The van der Waals surface area contributed by atoms with E-state index in [1.807, 2.05) is 6.07 Å². The van der Waals surface area contributed by atoms with Gasteiger partial charge in [-0.15, -0.1) is 0 Å². The van der Waals surface area contributed by atoms with Crippen LogP contribution in [0.5, 0.6) is 0 Å². The summed E-state index contributed by atoms with van der Waals surface area (Å²) in [6, 6.07) is 5.21. The van der Waals surface area contributed by atoms with Gasteiger partial charge in [0.05, 0.1) is 5.56 Å². The summed E-state index contributed by atoms with van der Waals surface area (Å²) in [6.45, 7) is 6.85. The van der Waals surface area contributed by atoms with Crippen LogP contribution in [0.1, 0.15) is 36.2 Å². The van der Waals surface area contributed by atoms with Crippen molar-refractivity contribution < 1.29 is 15.0 Å². The molecule has 1 aromatic rings. The average molecular weight is 251 g/mol. The molecule has 0 saturated heterocycles. The van der Waals surface area contributed by atoms with Crippen molar-refractivity contribution in [1.82, 2.24) is 0 Å². The van der Waals surface area contributed by atoms with Crippen molar-refractivity contribution >= 4 is 11.7 Å². The van der Waals surface area contributed by atoms with Crippen LogP contribution in [0.25, 0.3) is 0 Å². The molecule has 0 aliphatic heterocycles. The number of aryl methyl sites for hydroxylation is 1. The topological polar surface area (TPSA) is 69.6 Å². The predicted molar refractivity (Wildman–Crippen MR) is 72.1 cm³/mol. The summed E-state index contributed by atoms with van der Waals surface area (Å²) < 4.78 is 0. The molecule has 4 nitrogen and oxygen atoms in total. The summed E-state index contributed by atoms with van der Waals surface area (Å²) in [5, 5.41) is 21.2. The van der Waals surface area contributed by atoms with E-state index in [0.29, 0.717) is 5.56 Å². The third-order valence-electron chi connectivity index (χ3n) is 3.02. The summed E-state index contributed by atoms with van der Waals surface area (Å²) in [5.41, 5.74) is 1.99. The Morgan fingerprint density at radius 1 is 1.39 bits per heavy atom. The van der Waals surface area contributed by atoms with Gasteiger partial charge in [0.15, 0.2) is 0 Å². The molecule has 0 aromatic heterocycles. The summed E-state index contributed by atoms with van der Waals surface area (Å²) in [7, 11) is 0. The number of anilines is 1. The zero-order valence-corrected chi connectivity index (χ0v) is 11.2. The van der Waals surface area contributed by atoms with Gasteiger partial charge in [-0.05, 0) is 42.5 Å². The molecule has 0 saturated carbocycles. The van der Waals surface area contributed by atoms with E-state index in [4.69, 9.17) is 10.2 Å². The van der Waals surface area contributed by atoms with Crippen molar-refractivity contribution in [1.29, 1.82) is 0 Å². The standard InChI is InChI=1S/C14H21NO3/c1-10-8-11(4-5-12(10)13(17)18)15-9-14(2,3)6-7-16/h4-5,8,15-16H,6-7,9H2,1-3H3,(H,17,18). The van der Waals surface area contributed by atoms with E-state index in [1.54, 1.807) is 19.1 Å². The van der Waals surface area contributed by atoms with Crippen LogP contribution >= 0.6 is 0 Å². The van der Waals surface area contributed by atoms with Gasteiger partial charge in [0, 0.05) is 18.8 Å². The highest BCUT2D eigenvalue weighted by Crippen LogP contribution is 2.22. The number of aromatic carboxylic acids is 1. The normalized spacial score (nSPS) is 11.3. The molecule has 0 radical (unpaired) electrons. The number of hydrogen-bond donors (Lipinski definition) is 3. The van der Waals surface area contributed by atoms with Crippen LogP contribution in [0.2, 0.25) is 0 Å². The van der Waals surface area contributed by atoms with E-state index >= 15 is 0 Å². The molecule has 1 rings (SSSR count). The van der Waals surface area contributed by atoms with Crippen molar-refractivity contribution in [3.63, 3.8) is 0 Å². The van der Waals surface area contributed by atoms with Gasteiger partial charge in [-0.1, -0.05) is 13.8 Å². The van der Waals surface area contributed by atoms with Crippen LogP contribution in [0, 0.1) is 12.3 Å². The minimum Gasteiger partial charge on any atom is -0.478 e. The molecule has 0 amide bonds. The van der Waals surface area contributed by atoms with Crippen molar-refractivity contribution in [2.75, 3.05) is 18.5 Å². The molecule has 0 aliphatic carbocycles. The molecular formula is C14H21NO3. The number of nitrogens with one attached hydrogen (secondary N) is 1. The lowest BCUT2D eigenvalue weighted by Crippen LogP contribution is -2.24. The smallest absolute Gasteiger partial charge is 0.335 e. The molecule has 0 unspecified atom stereocenters. The first-order chi connectivity index (χ1) is 8.35. The van der Waals surface area contributed by atoms with Gasteiger partial charge < -0.3 is 15.5 Å². The summed E-state index contributed by atoms with van der Waals surface area (Å²) in [5.74, 6) is -0.903. The maximum Gasteiger partial charge on any atom is 0.335 e. The highest BCUT2D eigenvalue weighted by atomic mass is 16.4. The van der Waals surface area contributed by atoms with Gasteiger partial charge in [-0.3, -0.25) is 0 Å². The molecule has 1 aromatic carbocycles. The Morgan fingerprint density at radius 3 is 2.56 bits per heavy atom. The molecule has 0 bridgehead atoms. The average Bonchev–Trinajstić information content (AvgIpc) is 2.26. The molecule has 4 heteroatoms. The molecule has 0 aliphatic rings. The van der Waals surface area contributed by atoms with Gasteiger partial charge in [-0.25, -0.2) is 4.79 Å². The predicted octanol–water partition coefficient (Wildman–Crippen LogP) is 2.51. The second kappa shape index (κ2) is 5.87. The van der Waals surface area contributed by atoms with E-state index in [-0.39, 0.29) is 12.0 Å². The fourth-order valence-electron chi connectivity index (χ4n) is 1.75. The molecular weight excluding hydrogens is 230 g/mol. The second-order valence-electron chi connectivity index (χ2n) is 5.33. The Kier molecular flexibility index (Phi) is 4.73. The first-order valence-electron chi connectivity index (χ1n) is 6.04. The highest BCUT2D eigenvalue weighted by Gasteiger charge is 2.17. The molecule has 0 spiro atoms. The number of hydrogen-bond acceptors (Lipinski definition) is 3. The minimum absolute atomic E-state index is 0.00806.